The van der Waals surface area contributed by atoms with Gasteiger partial charge in [0.2, 0.25) is 0 Å². The summed E-state index contributed by atoms with van der Waals surface area (Å²) in [5, 5.41) is 16.7. The van der Waals surface area contributed by atoms with E-state index in [1.807, 2.05) is 42.5 Å². The second-order valence-electron chi connectivity index (χ2n) is 6.62. The van der Waals surface area contributed by atoms with Crippen molar-refractivity contribution in [2.24, 2.45) is 4.99 Å². The highest BCUT2D eigenvalue weighted by atomic mass is 127. The van der Waals surface area contributed by atoms with Gasteiger partial charge in [-0.1, -0.05) is 35.9 Å². The first-order valence-electron chi connectivity index (χ1n) is 9.15. The van der Waals surface area contributed by atoms with E-state index in [9.17, 15) is 0 Å². The molecule has 1 heterocycles. The summed E-state index contributed by atoms with van der Waals surface area (Å²) >= 11 is 6.36. The molecular formula is C21H25ClIN5. The molecule has 1 atom stereocenters. The molecule has 0 amide bonds. The zero-order valence-corrected chi connectivity index (χ0v) is 18.9. The third-order valence-electron chi connectivity index (χ3n) is 4.70. The summed E-state index contributed by atoms with van der Waals surface area (Å²) in [4.78, 5) is 6.67. The lowest BCUT2D eigenvalue weighted by molar-refractivity contribution is 0.468. The van der Waals surface area contributed by atoms with E-state index in [-0.39, 0.29) is 24.0 Å². The first-order valence-corrected chi connectivity index (χ1v) is 9.53. The average Bonchev–Trinajstić information content (AvgIpc) is 2.71. The lowest BCUT2D eigenvalue weighted by Crippen LogP contribution is -2.51. The van der Waals surface area contributed by atoms with Crippen molar-refractivity contribution in [2.45, 2.75) is 25.4 Å². The van der Waals surface area contributed by atoms with Crippen LogP contribution in [0.25, 0.3) is 0 Å². The van der Waals surface area contributed by atoms with E-state index in [1.54, 1.807) is 7.05 Å². The molecule has 2 N–H and O–H groups in total. The molecule has 1 saturated heterocycles. The lowest BCUT2D eigenvalue weighted by atomic mass is 10.0. The standard InChI is InChI=1S/C21H24ClN5.HI/c1-24-21(25-14-17-7-4-6-16(12-17)13-23)26-18-8-5-11-27(15-18)20-10-3-2-9-19(20)22;/h2-4,6-7,9-10,12,18H,5,8,11,14-15H2,1H3,(H2,24,25,26);1H. The van der Waals surface area contributed by atoms with Gasteiger partial charge in [0.1, 0.15) is 0 Å². The van der Waals surface area contributed by atoms with E-state index in [1.165, 1.54) is 0 Å². The van der Waals surface area contributed by atoms with E-state index in [4.69, 9.17) is 16.9 Å². The van der Waals surface area contributed by atoms with Crippen molar-refractivity contribution in [2.75, 3.05) is 25.0 Å². The van der Waals surface area contributed by atoms with Crippen LogP contribution in [0.3, 0.4) is 0 Å². The molecule has 148 valence electrons. The minimum absolute atomic E-state index is 0. The van der Waals surface area contributed by atoms with Crippen LogP contribution in [0.4, 0.5) is 5.69 Å². The number of para-hydroxylation sites is 1. The molecule has 2 aromatic carbocycles. The Morgan fingerprint density at radius 2 is 2.11 bits per heavy atom. The molecule has 1 aliphatic heterocycles. The van der Waals surface area contributed by atoms with Gasteiger partial charge in [-0.25, -0.2) is 0 Å². The Kier molecular flexibility index (Phi) is 8.87. The first-order chi connectivity index (χ1) is 13.2. The fourth-order valence-corrected chi connectivity index (χ4v) is 3.60. The number of aliphatic imine (C=N–C) groups is 1. The van der Waals surface area contributed by atoms with Gasteiger partial charge in [-0.3, -0.25) is 4.99 Å². The Bertz CT molecular complexity index is 849. The van der Waals surface area contributed by atoms with Crippen LogP contribution in [0.15, 0.2) is 53.5 Å². The largest absolute Gasteiger partial charge is 0.368 e. The summed E-state index contributed by atoms with van der Waals surface area (Å²) in [7, 11) is 1.77. The molecule has 2 aromatic rings. The summed E-state index contributed by atoms with van der Waals surface area (Å²) in [6.45, 7) is 2.51. The number of nitriles is 1. The molecule has 0 spiro atoms. The number of guanidine groups is 1. The van der Waals surface area contributed by atoms with Crippen molar-refractivity contribution < 1.29 is 0 Å². The second kappa shape index (κ2) is 11.1. The summed E-state index contributed by atoms with van der Waals surface area (Å²) < 4.78 is 0. The topological polar surface area (TPSA) is 63.5 Å². The van der Waals surface area contributed by atoms with Crippen molar-refractivity contribution in [3.05, 3.63) is 64.7 Å². The van der Waals surface area contributed by atoms with Crippen LogP contribution < -0.4 is 15.5 Å². The van der Waals surface area contributed by atoms with E-state index in [2.05, 4.69) is 32.7 Å². The molecule has 5 nitrogen and oxygen atoms in total. The van der Waals surface area contributed by atoms with E-state index >= 15 is 0 Å². The van der Waals surface area contributed by atoms with Crippen LogP contribution in [0.2, 0.25) is 5.02 Å². The van der Waals surface area contributed by atoms with Gasteiger partial charge < -0.3 is 15.5 Å². The number of rotatable bonds is 4. The Morgan fingerprint density at radius 3 is 2.86 bits per heavy atom. The highest BCUT2D eigenvalue weighted by Crippen LogP contribution is 2.27. The van der Waals surface area contributed by atoms with Crippen LogP contribution in [-0.4, -0.2) is 32.1 Å². The maximum absolute atomic E-state index is 9.02. The van der Waals surface area contributed by atoms with E-state index in [0.717, 1.165) is 48.2 Å². The number of piperidine rings is 1. The van der Waals surface area contributed by atoms with Gasteiger partial charge in [-0.15, -0.1) is 24.0 Å². The van der Waals surface area contributed by atoms with Crippen molar-refractivity contribution in [1.82, 2.24) is 10.6 Å². The highest BCUT2D eigenvalue weighted by molar-refractivity contribution is 14.0. The van der Waals surface area contributed by atoms with Gasteiger partial charge in [0.05, 0.1) is 22.3 Å². The molecule has 3 rings (SSSR count). The Hall–Kier alpha value is -1.98. The third-order valence-corrected chi connectivity index (χ3v) is 5.01. The number of nitrogens with zero attached hydrogens (tertiary/aromatic N) is 3. The van der Waals surface area contributed by atoms with Crippen molar-refractivity contribution in [3.8, 4) is 6.07 Å². The monoisotopic (exact) mass is 509 g/mol. The van der Waals surface area contributed by atoms with Gasteiger partial charge in [-0.05, 0) is 42.7 Å². The molecule has 1 aliphatic rings. The summed E-state index contributed by atoms with van der Waals surface area (Å²) in [5.74, 6) is 0.767. The van der Waals surface area contributed by atoms with Crippen LogP contribution in [0.5, 0.6) is 0 Å². The van der Waals surface area contributed by atoms with E-state index < -0.39 is 0 Å². The molecule has 0 bridgehead atoms. The molecule has 0 aromatic heterocycles. The number of benzene rings is 2. The van der Waals surface area contributed by atoms with Gasteiger partial charge in [0.15, 0.2) is 5.96 Å². The minimum atomic E-state index is 0. The number of nitrogens with one attached hydrogen (secondary N) is 2. The number of hydrogen-bond acceptors (Lipinski definition) is 3. The zero-order valence-electron chi connectivity index (χ0n) is 15.9. The number of anilines is 1. The first kappa shape index (κ1) is 22.3. The second-order valence-corrected chi connectivity index (χ2v) is 7.03. The summed E-state index contributed by atoms with van der Waals surface area (Å²) in [5.41, 5.74) is 2.81. The average molecular weight is 510 g/mol. The minimum Gasteiger partial charge on any atom is -0.368 e. The predicted molar refractivity (Wildman–Crippen MR) is 127 cm³/mol. The Morgan fingerprint density at radius 1 is 1.29 bits per heavy atom. The number of halogens is 2. The zero-order chi connectivity index (χ0) is 19.1. The van der Waals surface area contributed by atoms with Crippen LogP contribution in [0.1, 0.15) is 24.0 Å². The maximum Gasteiger partial charge on any atom is 0.191 e. The van der Waals surface area contributed by atoms with Crippen LogP contribution in [0, 0.1) is 11.3 Å². The molecule has 28 heavy (non-hydrogen) atoms. The fraction of sp³-hybridized carbons (Fsp3) is 0.333. The molecule has 0 radical (unpaired) electrons. The van der Waals surface area contributed by atoms with Crippen molar-refractivity contribution in [1.29, 1.82) is 5.26 Å². The molecule has 1 unspecified atom stereocenters. The Labute approximate surface area is 188 Å². The number of hydrogen-bond donors (Lipinski definition) is 2. The quantitative estimate of drug-likeness (QED) is 0.369. The van der Waals surface area contributed by atoms with Crippen LogP contribution >= 0.6 is 35.6 Å². The van der Waals surface area contributed by atoms with Gasteiger partial charge in [-0.2, -0.15) is 5.26 Å². The predicted octanol–water partition coefficient (Wildman–Crippen LogP) is 4.16. The Balaban J connectivity index is 0.00000280. The van der Waals surface area contributed by atoms with Gasteiger partial charge in [0.25, 0.3) is 0 Å². The lowest BCUT2D eigenvalue weighted by Gasteiger charge is -2.35. The third kappa shape index (κ3) is 6.01. The molecule has 0 aliphatic carbocycles. The molecule has 0 saturated carbocycles. The molecule has 7 heteroatoms. The van der Waals surface area contributed by atoms with Gasteiger partial charge >= 0.3 is 0 Å². The SMILES string of the molecule is CN=C(NCc1cccc(C#N)c1)NC1CCCN(c2ccccc2Cl)C1.I. The maximum atomic E-state index is 9.02. The van der Waals surface area contributed by atoms with Crippen molar-refractivity contribution >= 4 is 47.2 Å². The smallest absolute Gasteiger partial charge is 0.191 e. The van der Waals surface area contributed by atoms with Gasteiger partial charge in [0, 0.05) is 32.7 Å². The highest BCUT2D eigenvalue weighted by Gasteiger charge is 2.22. The summed E-state index contributed by atoms with van der Waals surface area (Å²) in [6.07, 6.45) is 2.19. The summed E-state index contributed by atoms with van der Waals surface area (Å²) in [6, 6.07) is 18.0. The molecule has 1 fully saturated rings. The molecular weight excluding hydrogens is 485 g/mol. The van der Waals surface area contributed by atoms with Crippen LogP contribution in [-0.2, 0) is 6.54 Å². The van der Waals surface area contributed by atoms with Crippen molar-refractivity contribution in [3.63, 3.8) is 0 Å². The fourth-order valence-electron chi connectivity index (χ4n) is 3.35. The normalized spacial score (nSPS) is 16.7. The van der Waals surface area contributed by atoms with E-state index in [0.29, 0.717) is 18.2 Å².